The Morgan fingerprint density at radius 3 is 2.03 bits per heavy atom. The van der Waals surface area contributed by atoms with Crippen LogP contribution in [0.2, 0.25) is 0 Å². The fourth-order valence-electron chi connectivity index (χ4n) is 4.03. The Hall–Kier alpha value is -3.11. The molecule has 0 aliphatic carbocycles. The first-order valence-electron chi connectivity index (χ1n) is 9.92. The molecule has 0 radical (unpaired) electrons. The SMILES string of the molecule is CCC(CNC(=O)C1c2ccccc2Oc2ccccc21)(OC)c1ccccc1. The van der Waals surface area contributed by atoms with Crippen molar-refractivity contribution in [3.05, 3.63) is 95.6 Å². The lowest BCUT2D eigenvalue weighted by Crippen LogP contribution is -2.43. The van der Waals surface area contributed by atoms with Crippen molar-refractivity contribution in [2.24, 2.45) is 0 Å². The van der Waals surface area contributed by atoms with Crippen LogP contribution in [0, 0.1) is 0 Å². The maximum atomic E-state index is 13.4. The van der Waals surface area contributed by atoms with E-state index >= 15 is 0 Å². The standard InChI is InChI=1S/C25H25NO3/c1-3-25(28-2,18-11-5-4-6-12-18)17-26-24(27)23-19-13-7-9-15-21(19)29-22-16-10-8-14-20(22)23/h4-16,23H,3,17H2,1-2H3,(H,26,27). The zero-order chi connectivity index (χ0) is 20.3. The van der Waals surface area contributed by atoms with Crippen molar-refractivity contribution in [1.82, 2.24) is 5.32 Å². The average molecular weight is 387 g/mol. The molecule has 1 amide bonds. The van der Waals surface area contributed by atoms with E-state index in [1.807, 2.05) is 78.9 Å². The summed E-state index contributed by atoms with van der Waals surface area (Å²) in [6, 6.07) is 25.5. The number of benzene rings is 3. The summed E-state index contributed by atoms with van der Waals surface area (Å²) in [5, 5.41) is 3.16. The van der Waals surface area contributed by atoms with E-state index in [0.717, 1.165) is 34.6 Å². The number of rotatable bonds is 6. The zero-order valence-corrected chi connectivity index (χ0v) is 16.7. The van der Waals surface area contributed by atoms with Gasteiger partial charge in [-0.1, -0.05) is 73.7 Å². The van der Waals surface area contributed by atoms with E-state index in [4.69, 9.17) is 9.47 Å². The highest BCUT2D eigenvalue weighted by molar-refractivity contribution is 5.89. The van der Waals surface area contributed by atoms with Gasteiger partial charge in [-0.3, -0.25) is 4.79 Å². The van der Waals surface area contributed by atoms with E-state index in [2.05, 4.69) is 12.2 Å². The number of amides is 1. The zero-order valence-electron chi connectivity index (χ0n) is 16.7. The van der Waals surface area contributed by atoms with Crippen LogP contribution in [0.4, 0.5) is 0 Å². The summed E-state index contributed by atoms with van der Waals surface area (Å²) < 4.78 is 11.9. The smallest absolute Gasteiger partial charge is 0.232 e. The Labute approximate surface area is 171 Å². The second-order valence-electron chi connectivity index (χ2n) is 7.25. The van der Waals surface area contributed by atoms with Crippen LogP contribution < -0.4 is 10.1 Å². The molecular weight excluding hydrogens is 362 g/mol. The number of ether oxygens (including phenoxy) is 2. The van der Waals surface area contributed by atoms with Gasteiger partial charge in [0.25, 0.3) is 0 Å². The first kappa shape index (κ1) is 19.2. The van der Waals surface area contributed by atoms with E-state index in [1.54, 1.807) is 7.11 Å². The molecule has 1 N–H and O–H groups in total. The Balaban J connectivity index is 1.64. The van der Waals surface area contributed by atoms with Gasteiger partial charge in [-0.15, -0.1) is 0 Å². The number of carbonyl (C=O) groups is 1. The maximum absolute atomic E-state index is 13.4. The largest absolute Gasteiger partial charge is 0.457 e. The fraction of sp³-hybridized carbons (Fsp3) is 0.240. The Kier molecular flexibility index (Phi) is 5.36. The van der Waals surface area contributed by atoms with Gasteiger partial charge in [0.15, 0.2) is 0 Å². The molecule has 0 bridgehead atoms. The van der Waals surface area contributed by atoms with Crippen molar-refractivity contribution in [1.29, 1.82) is 0 Å². The predicted octanol–water partition coefficient (Wildman–Crippen LogP) is 4.99. The lowest BCUT2D eigenvalue weighted by atomic mass is 9.86. The van der Waals surface area contributed by atoms with Gasteiger partial charge in [-0.05, 0) is 24.1 Å². The van der Waals surface area contributed by atoms with E-state index in [9.17, 15) is 4.79 Å². The van der Waals surface area contributed by atoms with Crippen LogP contribution in [-0.2, 0) is 15.1 Å². The van der Waals surface area contributed by atoms with Crippen molar-refractivity contribution in [3.63, 3.8) is 0 Å². The van der Waals surface area contributed by atoms with Crippen LogP contribution in [0.15, 0.2) is 78.9 Å². The summed E-state index contributed by atoms with van der Waals surface area (Å²) in [4.78, 5) is 13.4. The van der Waals surface area contributed by atoms with Crippen molar-refractivity contribution < 1.29 is 14.3 Å². The van der Waals surface area contributed by atoms with Gasteiger partial charge in [-0.25, -0.2) is 0 Å². The highest BCUT2D eigenvalue weighted by Gasteiger charge is 2.35. The van der Waals surface area contributed by atoms with Gasteiger partial charge >= 0.3 is 0 Å². The maximum Gasteiger partial charge on any atom is 0.232 e. The van der Waals surface area contributed by atoms with Crippen LogP contribution >= 0.6 is 0 Å². The monoisotopic (exact) mass is 387 g/mol. The number of hydrogen-bond acceptors (Lipinski definition) is 3. The lowest BCUT2D eigenvalue weighted by molar-refractivity contribution is -0.123. The van der Waals surface area contributed by atoms with Gasteiger partial charge in [0.05, 0.1) is 12.5 Å². The molecule has 1 heterocycles. The molecule has 3 aromatic rings. The molecule has 1 unspecified atom stereocenters. The van der Waals surface area contributed by atoms with E-state index < -0.39 is 11.5 Å². The third-order valence-electron chi connectivity index (χ3n) is 5.75. The molecule has 0 saturated carbocycles. The molecule has 0 fully saturated rings. The summed E-state index contributed by atoms with van der Waals surface area (Å²) in [5.74, 6) is 0.975. The number of carbonyl (C=O) groups excluding carboxylic acids is 1. The van der Waals surface area contributed by atoms with Crippen LogP contribution in [0.1, 0.15) is 36.0 Å². The molecular formula is C25H25NO3. The number of hydrogen-bond donors (Lipinski definition) is 1. The molecule has 4 heteroatoms. The minimum Gasteiger partial charge on any atom is -0.457 e. The van der Waals surface area contributed by atoms with Crippen LogP contribution in [0.25, 0.3) is 0 Å². The van der Waals surface area contributed by atoms with Crippen LogP contribution in [-0.4, -0.2) is 19.6 Å². The van der Waals surface area contributed by atoms with Crippen molar-refractivity contribution in [2.45, 2.75) is 24.9 Å². The van der Waals surface area contributed by atoms with Gasteiger partial charge in [0.2, 0.25) is 5.91 Å². The summed E-state index contributed by atoms with van der Waals surface area (Å²) in [6.45, 7) is 2.46. The van der Waals surface area contributed by atoms with Gasteiger partial charge < -0.3 is 14.8 Å². The molecule has 1 aliphatic heterocycles. The number of fused-ring (bicyclic) bond motifs is 2. The fourth-order valence-corrected chi connectivity index (χ4v) is 4.03. The van der Waals surface area contributed by atoms with Gasteiger partial charge in [0.1, 0.15) is 17.1 Å². The van der Waals surface area contributed by atoms with E-state index in [-0.39, 0.29) is 5.91 Å². The van der Waals surface area contributed by atoms with Crippen molar-refractivity contribution >= 4 is 5.91 Å². The average Bonchev–Trinajstić information content (AvgIpc) is 2.79. The highest BCUT2D eigenvalue weighted by Crippen LogP contribution is 2.44. The number of para-hydroxylation sites is 2. The molecule has 0 saturated heterocycles. The summed E-state index contributed by atoms with van der Waals surface area (Å²) in [5.41, 5.74) is 2.24. The Morgan fingerprint density at radius 1 is 0.931 bits per heavy atom. The predicted molar refractivity (Wildman–Crippen MR) is 113 cm³/mol. The molecule has 4 nitrogen and oxygen atoms in total. The second kappa shape index (κ2) is 8.10. The topological polar surface area (TPSA) is 47.6 Å². The normalized spacial score (nSPS) is 14.8. The third kappa shape index (κ3) is 3.52. The van der Waals surface area contributed by atoms with Crippen LogP contribution in [0.5, 0.6) is 11.5 Å². The lowest BCUT2D eigenvalue weighted by Gasteiger charge is -2.33. The van der Waals surface area contributed by atoms with Crippen LogP contribution in [0.3, 0.4) is 0 Å². The quantitative estimate of drug-likeness (QED) is 0.648. The Morgan fingerprint density at radius 2 is 1.48 bits per heavy atom. The van der Waals surface area contributed by atoms with Gasteiger partial charge in [0, 0.05) is 18.2 Å². The minimum absolute atomic E-state index is 0.0565. The number of methoxy groups -OCH3 is 1. The molecule has 1 atom stereocenters. The molecule has 0 aromatic heterocycles. The van der Waals surface area contributed by atoms with Gasteiger partial charge in [-0.2, -0.15) is 0 Å². The Bertz CT molecular complexity index is 950. The second-order valence-corrected chi connectivity index (χ2v) is 7.25. The first-order chi connectivity index (χ1) is 14.2. The summed E-state index contributed by atoms with van der Waals surface area (Å²) >= 11 is 0. The molecule has 29 heavy (non-hydrogen) atoms. The molecule has 3 aromatic carbocycles. The molecule has 1 aliphatic rings. The first-order valence-corrected chi connectivity index (χ1v) is 9.92. The molecule has 0 spiro atoms. The molecule has 148 valence electrons. The minimum atomic E-state index is -0.568. The third-order valence-corrected chi connectivity index (χ3v) is 5.75. The van der Waals surface area contributed by atoms with E-state index in [1.165, 1.54) is 0 Å². The number of nitrogens with one attached hydrogen (secondary N) is 1. The van der Waals surface area contributed by atoms with Crippen molar-refractivity contribution in [2.75, 3.05) is 13.7 Å². The molecule has 4 rings (SSSR count). The summed E-state index contributed by atoms with van der Waals surface area (Å²) in [6.07, 6.45) is 0.745. The summed E-state index contributed by atoms with van der Waals surface area (Å²) in [7, 11) is 1.70. The highest BCUT2D eigenvalue weighted by atomic mass is 16.5. The van der Waals surface area contributed by atoms with Crippen molar-refractivity contribution in [3.8, 4) is 11.5 Å². The van der Waals surface area contributed by atoms with E-state index in [0.29, 0.717) is 6.54 Å².